The molecule has 0 aromatic heterocycles. The molecule has 0 fully saturated rings. The minimum absolute atomic E-state index is 0.0901. The molecule has 0 bridgehead atoms. The van der Waals surface area contributed by atoms with Crippen molar-refractivity contribution in [3.8, 4) is 0 Å². The van der Waals surface area contributed by atoms with Crippen LogP contribution in [-0.2, 0) is 43.2 Å². The Balaban J connectivity index is 5.48. The monoisotopic (exact) mass is 724 g/mol. The van der Waals surface area contributed by atoms with Gasteiger partial charge in [0.2, 0.25) is 35.4 Å². The first-order chi connectivity index (χ1) is 22.4. The number of carboxylic acids is 3. The Hall–Kier alpha value is -4.84. The van der Waals surface area contributed by atoms with Gasteiger partial charge >= 0.3 is 17.9 Å². The quantitative estimate of drug-likeness (QED) is 0.0202. The van der Waals surface area contributed by atoms with Crippen LogP contribution < -0.4 is 48.7 Å². The summed E-state index contributed by atoms with van der Waals surface area (Å²) in [4.78, 5) is 108. The fourth-order valence-corrected chi connectivity index (χ4v) is 3.87. The Morgan fingerprint density at radius 2 is 1.08 bits per heavy atom. The number of hydrogen-bond donors (Lipinski definition) is 15. The molecule has 5 atom stereocenters. The lowest BCUT2D eigenvalue weighted by Gasteiger charge is -2.21. The highest BCUT2D eigenvalue weighted by atomic mass is 32.1. The van der Waals surface area contributed by atoms with Gasteiger partial charge in [0.1, 0.15) is 24.2 Å². The molecule has 0 saturated carbocycles. The Bertz CT molecular complexity index is 1220. The van der Waals surface area contributed by atoms with E-state index in [9.17, 15) is 43.2 Å². The van der Waals surface area contributed by atoms with Gasteiger partial charge in [-0.05, 0) is 12.8 Å². The Kier molecular flexibility index (Phi) is 20.4. The van der Waals surface area contributed by atoms with Crippen LogP contribution in [0.2, 0.25) is 0 Å². The fraction of sp³-hybridized carbons (Fsp3) is 0.583. The predicted molar refractivity (Wildman–Crippen MR) is 171 cm³/mol. The van der Waals surface area contributed by atoms with E-state index in [1.165, 1.54) is 0 Å². The second-order valence-corrected chi connectivity index (χ2v) is 10.5. The smallest absolute Gasteiger partial charge is 0.327 e. The number of nitrogens with one attached hydrogen (secondary N) is 8. The predicted octanol–water partition coefficient (Wildman–Crippen LogP) is -6.36. The average molecular weight is 725 g/mol. The van der Waals surface area contributed by atoms with Crippen LogP contribution >= 0.6 is 25.3 Å². The summed E-state index contributed by atoms with van der Waals surface area (Å²) in [6.45, 7) is -1.52. The van der Waals surface area contributed by atoms with Crippen molar-refractivity contribution in [1.29, 1.82) is 5.41 Å². The van der Waals surface area contributed by atoms with Crippen LogP contribution in [0.15, 0.2) is 0 Å². The van der Waals surface area contributed by atoms with E-state index in [4.69, 9.17) is 32.2 Å². The number of amides is 6. The van der Waals surface area contributed by atoms with E-state index in [0.29, 0.717) is 0 Å². The molecule has 22 nitrogen and oxygen atoms in total. The highest BCUT2D eigenvalue weighted by Gasteiger charge is 2.29. The molecule has 270 valence electrons. The summed E-state index contributed by atoms with van der Waals surface area (Å²) >= 11 is 7.63. The lowest BCUT2D eigenvalue weighted by atomic mass is 10.1. The van der Waals surface area contributed by atoms with Crippen LogP contribution in [0.4, 0.5) is 0 Å². The summed E-state index contributed by atoms with van der Waals surface area (Å²) in [6.07, 6.45) is -1.74. The third-order valence-electron chi connectivity index (χ3n) is 5.86. The van der Waals surface area contributed by atoms with Crippen molar-refractivity contribution in [2.45, 2.75) is 55.9 Å². The third-order valence-corrected chi connectivity index (χ3v) is 6.61. The molecule has 0 aliphatic rings. The maximum absolute atomic E-state index is 12.9. The summed E-state index contributed by atoms with van der Waals surface area (Å²) in [5.74, 6) is -11.2. The molecule has 24 heteroatoms. The molecule has 0 aromatic rings. The van der Waals surface area contributed by atoms with Gasteiger partial charge < -0.3 is 64.0 Å². The SMILES string of the molecule is N=C(N)NCCC[C@H](NC(=O)CNC(=O)[C@H](CC(=O)O)NC(=O)[C@@H](N)CS)C(=O)NCC(=O)N[C@@H](CC(=O)O)C(=O)N[C@@H](CS)C(=O)O. The largest absolute Gasteiger partial charge is 0.481 e. The molecule has 0 heterocycles. The summed E-state index contributed by atoms with van der Waals surface area (Å²) in [5.41, 5.74) is 10.7. The van der Waals surface area contributed by atoms with Crippen molar-refractivity contribution in [3.63, 3.8) is 0 Å². The highest BCUT2D eigenvalue weighted by Crippen LogP contribution is 2.00. The van der Waals surface area contributed by atoms with E-state index in [1.807, 2.05) is 5.32 Å². The number of carbonyl (C=O) groups is 9. The zero-order valence-electron chi connectivity index (χ0n) is 25.3. The second-order valence-electron chi connectivity index (χ2n) is 9.79. The standard InChI is InChI=1S/C24H40N10O12S2/c25-10(8-47)19(41)33-12(4-17(37)38)21(43)30-6-15(35)31-11(2-1-3-28-24(26)27)20(42)29-7-16(36)32-13(5-18(39)40)22(44)34-14(9-48)23(45)46/h10-14,47-48H,1-9,25H2,(H,29,42)(H,30,43)(H,31,35)(H,32,36)(H,33,41)(H,34,44)(H,37,38)(H,39,40)(H,45,46)(H4,26,27,28)/t10-,11-,12-,13-,14-/m0/s1. The van der Waals surface area contributed by atoms with Gasteiger partial charge in [-0.15, -0.1) is 0 Å². The van der Waals surface area contributed by atoms with E-state index >= 15 is 0 Å². The van der Waals surface area contributed by atoms with E-state index in [-0.39, 0.29) is 36.9 Å². The summed E-state index contributed by atoms with van der Waals surface area (Å²) in [6, 6.07) is -7.33. The van der Waals surface area contributed by atoms with E-state index in [0.717, 1.165) is 0 Å². The second kappa shape index (κ2) is 22.6. The molecule has 0 spiro atoms. The highest BCUT2D eigenvalue weighted by molar-refractivity contribution is 7.80. The fourth-order valence-electron chi connectivity index (χ4n) is 3.46. The number of thiol groups is 2. The molecule has 15 N–H and O–H groups in total. The Labute approximate surface area is 283 Å². The van der Waals surface area contributed by atoms with Crippen LogP contribution in [-0.4, -0.2) is 136 Å². The van der Waals surface area contributed by atoms with Gasteiger partial charge in [0.25, 0.3) is 0 Å². The van der Waals surface area contributed by atoms with Crippen molar-refractivity contribution < 1.29 is 58.5 Å². The number of carboxylic acid groups (broad SMARTS) is 3. The first-order valence-electron chi connectivity index (χ1n) is 13.9. The zero-order chi connectivity index (χ0) is 37.0. The normalized spacial score (nSPS) is 13.6. The molecular weight excluding hydrogens is 684 g/mol. The molecule has 0 unspecified atom stereocenters. The number of guanidine groups is 1. The van der Waals surface area contributed by atoms with Gasteiger partial charge in [0.05, 0.1) is 32.0 Å². The van der Waals surface area contributed by atoms with Crippen LogP contribution in [0.25, 0.3) is 0 Å². The lowest BCUT2D eigenvalue weighted by molar-refractivity contribution is -0.143. The first-order valence-corrected chi connectivity index (χ1v) is 15.1. The van der Waals surface area contributed by atoms with E-state index in [2.05, 4.69) is 57.2 Å². The van der Waals surface area contributed by atoms with Gasteiger partial charge in [-0.3, -0.25) is 43.8 Å². The van der Waals surface area contributed by atoms with Gasteiger partial charge in [0.15, 0.2) is 5.96 Å². The van der Waals surface area contributed by atoms with Crippen molar-refractivity contribution in [2.75, 3.05) is 31.1 Å². The minimum atomic E-state index is -1.73. The number of hydrogen-bond acceptors (Lipinski definition) is 13. The lowest BCUT2D eigenvalue weighted by Crippen LogP contribution is -2.56. The Morgan fingerprint density at radius 3 is 1.52 bits per heavy atom. The summed E-state index contributed by atoms with van der Waals surface area (Å²) in [5, 5.41) is 49.8. The summed E-state index contributed by atoms with van der Waals surface area (Å²) in [7, 11) is 0. The van der Waals surface area contributed by atoms with Gasteiger partial charge in [0, 0.05) is 18.1 Å². The number of nitrogens with two attached hydrogens (primary N) is 2. The molecule has 0 aromatic carbocycles. The van der Waals surface area contributed by atoms with Crippen LogP contribution in [0.3, 0.4) is 0 Å². The molecule has 0 aliphatic heterocycles. The van der Waals surface area contributed by atoms with Gasteiger partial charge in [-0.25, -0.2) is 4.79 Å². The van der Waals surface area contributed by atoms with Gasteiger partial charge in [-0.1, -0.05) is 0 Å². The molecule has 0 rings (SSSR count). The average Bonchev–Trinajstić information content (AvgIpc) is 3.00. The van der Waals surface area contributed by atoms with Crippen molar-refractivity contribution in [1.82, 2.24) is 37.2 Å². The maximum Gasteiger partial charge on any atom is 0.327 e. The van der Waals surface area contributed by atoms with Gasteiger partial charge in [-0.2, -0.15) is 25.3 Å². The maximum atomic E-state index is 12.9. The Morgan fingerprint density at radius 1 is 0.625 bits per heavy atom. The van der Waals surface area contributed by atoms with Crippen molar-refractivity contribution in [2.24, 2.45) is 11.5 Å². The topological polar surface area (TPSA) is 374 Å². The molecule has 6 amide bonds. The van der Waals surface area contributed by atoms with Crippen LogP contribution in [0, 0.1) is 5.41 Å². The van der Waals surface area contributed by atoms with Crippen LogP contribution in [0.5, 0.6) is 0 Å². The minimum Gasteiger partial charge on any atom is -0.481 e. The molecule has 0 saturated heterocycles. The zero-order valence-corrected chi connectivity index (χ0v) is 27.1. The number of carbonyl (C=O) groups excluding carboxylic acids is 6. The number of rotatable bonds is 23. The van der Waals surface area contributed by atoms with E-state index < -0.39 is 109 Å². The molecule has 48 heavy (non-hydrogen) atoms. The first kappa shape index (κ1) is 43.2. The number of aliphatic carboxylic acids is 3. The molecule has 0 radical (unpaired) electrons. The summed E-state index contributed by atoms with van der Waals surface area (Å²) < 4.78 is 0. The van der Waals surface area contributed by atoms with Crippen molar-refractivity contribution in [3.05, 3.63) is 0 Å². The van der Waals surface area contributed by atoms with Crippen molar-refractivity contribution >= 4 is 84.6 Å². The third kappa shape index (κ3) is 18.3. The molecule has 0 aliphatic carbocycles. The van der Waals surface area contributed by atoms with Crippen LogP contribution in [0.1, 0.15) is 25.7 Å². The van der Waals surface area contributed by atoms with E-state index in [1.54, 1.807) is 0 Å². The molecular formula is C24H40N10O12S2.